The first-order chi connectivity index (χ1) is 14.1. The standard InChI is InChI=1S/C21H26N4O3S/c1-4-24(5-2)21-23-17-11-13-29-19(17)20(27)25(21)12-10-18(26)22-14-15-6-8-16(28-3)9-7-15/h6-9,11,13H,4-5,10,12,14H2,1-3H3,(H,22,26). The molecule has 8 heteroatoms. The van der Waals surface area contributed by atoms with Crippen LogP contribution in [0.1, 0.15) is 25.8 Å². The normalized spacial score (nSPS) is 10.9. The van der Waals surface area contributed by atoms with Crippen LogP contribution < -0.4 is 20.5 Å². The molecule has 0 spiro atoms. The Kier molecular flexibility index (Phi) is 6.87. The summed E-state index contributed by atoms with van der Waals surface area (Å²) in [6, 6.07) is 9.41. The number of benzene rings is 1. The number of amides is 1. The topological polar surface area (TPSA) is 76.5 Å². The lowest BCUT2D eigenvalue weighted by atomic mass is 10.2. The molecule has 2 heterocycles. The molecule has 0 radical (unpaired) electrons. The highest BCUT2D eigenvalue weighted by Crippen LogP contribution is 2.19. The van der Waals surface area contributed by atoms with Gasteiger partial charge in [-0.2, -0.15) is 0 Å². The SMILES string of the molecule is CCN(CC)c1nc2ccsc2c(=O)n1CCC(=O)NCc1ccc(OC)cc1. The third-order valence-corrected chi connectivity index (χ3v) is 5.69. The van der Waals surface area contributed by atoms with E-state index in [1.54, 1.807) is 11.7 Å². The Hall–Kier alpha value is -2.87. The summed E-state index contributed by atoms with van der Waals surface area (Å²) in [5.74, 6) is 1.29. The van der Waals surface area contributed by atoms with Crippen molar-refractivity contribution in [3.8, 4) is 5.75 Å². The molecule has 0 aliphatic heterocycles. The van der Waals surface area contributed by atoms with Gasteiger partial charge in [0.15, 0.2) is 0 Å². The molecule has 1 N–H and O–H groups in total. The molecule has 2 aromatic heterocycles. The maximum Gasteiger partial charge on any atom is 0.272 e. The van der Waals surface area contributed by atoms with Gasteiger partial charge in [0.2, 0.25) is 11.9 Å². The summed E-state index contributed by atoms with van der Waals surface area (Å²) >= 11 is 1.38. The molecule has 29 heavy (non-hydrogen) atoms. The number of methoxy groups -OCH3 is 1. The molecule has 7 nitrogen and oxygen atoms in total. The van der Waals surface area contributed by atoms with Crippen LogP contribution in [0, 0.1) is 0 Å². The van der Waals surface area contributed by atoms with E-state index in [-0.39, 0.29) is 17.9 Å². The van der Waals surface area contributed by atoms with Crippen molar-refractivity contribution in [3.05, 3.63) is 51.6 Å². The molecule has 3 rings (SSSR count). The van der Waals surface area contributed by atoms with Crippen LogP contribution in [0.25, 0.3) is 10.2 Å². The van der Waals surface area contributed by atoms with Gasteiger partial charge in [0.05, 0.1) is 12.6 Å². The second kappa shape index (κ2) is 9.56. The van der Waals surface area contributed by atoms with E-state index >= 15 is 0 Å². The minimum Gasteiger partial charge on any atom is -0.497 e. The first kappa shape index (κ1) is 20.9. The number of carbonyl (C=O) groups excluding carboxylic acids is 1. The number of ether oxygens (including phenoxy) is 1. The van der Waals surface area contributed by atoms with Crippen LogP contribution >= 0.6 is 11.3 Å². The number of nitrogens with zero attached hydrogens (tertiary/aromatic N) is 3. The summed E-state index contributed by atoms with van der Waals surface area (Å²) in [5, 5.41) is 4.78. The molecule has 0 aliphatic carbocycles. The number of aromatic nitrogens is 2. The van der Waals surface area contributed by atoms with Gasteiger partial charge in [-0.3, -0.25) is 14.2 Å². The van der Waals surface area contributed by atoms with Gasteiger partial charge in [0.25, 0.3) is 5.56 Å². The first-order valence-corrected chi connectivity index (χ1v) is 10.6. The molecule has 154 valence electrons. The van der Waals surface area contributed by atoms with Gasteiger partial charge in [-0.25, -0.2) is 4.98 Å². The average molecular weight is 415 g/mol. The van der Waals surface area contributed by atoms with Crippen molar-refractivity contribution in [2.75, 3.05) is 25.1 Å². The summed E-state index contributed by atoms with van der Waals surface area (Å²) in [7, 11) is 1.62. The fraction of sp³-hybridized carbons (Fsp3) is 0.381. The lowest BCUT2D eigenvalue weighted by Gasteiger charge is -2.23. The van der Waals surface area contributed by atoms with E-state index in [0.717, 1.165) is 24.4 Å². The van der Waals surface area contributed by atoms with E-state index < -0.39 is 0 Å². The molecular weight excluding hydrogens is 388 g/mol. The summed E-state index contributed by atoms with van der Waals surface area (Å²) in [6.07, 6.45) is 0.211. The molecule has 1 aromatic carbocycles. The number of hydrogen-bond donors (Lipinski definition) is 1. The van der Waals surface area contributed by atoms with E-state index in [9.17, 15) is 9.59 Å². The molecular formula is C21H26N4O3S. The molecule has 0 aliphatic rings. The van der Waals surface area contributed by atoms with Gasteiger partial charge < -0.3 is 15.0 Å². The number of carbonyl (C=O) groups is 1. The highest BCUT2D eigenvalue weighted by atomic mass is 32.1. The van der Waals surface area contributed by atoms with E-state index in [4.69, 9.17) is 4.74 Å². The van der Waals surface area contributed by atoms with Crippen LogP contribution in [-0.2, 0) is 17.9 Å². The van der Waals surface area contributed by atoms with Crippen LogP contribution in [0.3, 0.4) is 0 Å². The highest BCUT2D eigenvalue weighted by molar-refractivity contribution is 7.17. The van der Waals surface area contributed by atoms with Gasteiger partial charge in [0.1, 0.15) is 10.4 Å². The minimum atomic E-state index is -0.107. The number of rotatable bonds is 9. The number of thiophene rings is 1. The maximum atomic E-state index is 13.0. The van der Waals surface area contributed by atoms with Crippen LogP contribution in [0.5, 0.6) is 5.75 Å². The van der Waals surface area contributed by atoms with Crippen molar-refractivity contribution in [2.24, 2.45) is 0 Å². The molecule has 3 aromatic rings. The molecule has 1 amide bonds. The molecule has 0 saturated carbocycles. The van der Waals surface area contributed by atoms with E-state index in [1.165, 1.54) is 11.3 Å². The summed E-state index contributed by atoms with van der Waals surface area (Å²) in [4.78, 5) is 32.1. The maximum absolute atomic E-state index is 13.0. The molecule has 0 saturated heterocycles. The largest absolute Gasteiger partial charge is 0.497 e. The Labute approximate surface area is 173 Å². The Morgan fingerprint density at radius 2 is 1.93 bits per heavy atom. The lowest BCUT2D eigenvalue weighted by molar-refractivity contribution is -0.121. The van der Waals surface area contributed by atoms with Crippen molar-refractivity contribution < 1.29 is 9.53 Å². The zero-order valence-corrected chi connectivity index (χ0v) is 17.8. The highest BCUT2D eigenvalue weighted by Gasteiger charge is 2.16. The fourth-order valence-corrected chi connectivity index (χ4v) is 3.91. The van der Waals surface area contributed by atoms with Crippen molar-refractivity contribution in [1.29, 1.82) is 0 Å². The molecule has 0 atom stereocenters. The van der Waals surface area contributed by atoms with E-state index in [1.807, 2.05) is 54.5 Å². The second-order valence-electron chi connectivity index (χ2n) is 6.55. The number of nitrogens with one attached hydrogen (secondary N) is 1. The van der Waals surface area contributed by atoms with E-state index in [2.05, 4.69) is 10.3 Å². The average Bonchev–Trinajstić information content (AvgIpc) is 3.22. The Bertz CT molecular complexity index is 1020. The monoisotopic (exact) mass is 414 g/mol. The smallest absolute Gasteiger partial charge is 0.272 e. The zero-order valence-electron chi connectivity index (χ0n) is 17.0. The Morgan fingerprint density at radius 1 is 1.21 bits per heavy atom. The Balaban J connectivity index is 1.71. The number of fused-ring (bicyclic) bond motifs is 1. The third kappa shape index (κ3) is 4.76. The van der Waals surface area contributed by atoms with Crippen molar-refractivity contribution in [3.63, 3.8) is 0 Å². The van der Waals surface area contributed by atoms with Crippen LogP contribution in [0.15, 0.2) is 40.5 Å². The number of anilines is 1. The van der Waals surface area contributed by atoms with Gasteiger partial charge in [-0.15, -0.1) is 11.3 Å². The summed E-state index contributed by atoms with van der Waals surface area (Å²) < 4.78 is 7.39. The molecule has 0 unspecified atom stereocenters. The lowest BCUT2D eigenvalue weighted by Crippen LogP contribution is -2.34. The minimum absolute atomic E-state index is 0.0881. The second-order valence-corrected chi connectivity index (χ2v) is 7.47. The van der Waals surface area contributed by atoms with Crippen molar-refractivity contribution >= 4 is 33.4 Å². The third-order valence-electron chi connectivity index (χ3n) is 4.80. The van der Waals surface area contributed by atoms with Crippen LogP contribution in [0.2, 0.25) is 0 Å². The van der Waals surface area contributed by atoms with Gasteiger partial charge >= 0.3 is 0 Å². The van der Waals surface area contributed by atoms with Crippen molar-refractivity contribution in [2.45, 2.75) is 33.4 Å². The van der Waals surface area contributed by atoms with Gasteiger partial charge in [-0.05, 0) is 43.0 Å². The molecule has 0 bridgehead atoms. The summed E-state index contributed by atoms with van der Waals surface area (Å²) in [6.45, 7) is 6.26. The summed E-state index contributed by atoms with van der Waals surface area (Å²) in [5.41, 5.74) is 1.61. The van der Waals surface area contributed by atoms with Gasteiger partial charge in [0, 0.05) is 32.6 Å². The predicted molar refractivity (Wildman–Crippen MR) is 117 cm³/mol. The quantitative estimate of drug-likeness (QED) is 0.582. The van der Waals surface area contributed by atoms with Crippen LogP contribution in [-0.4, -0.2) is 35.7 Å². The first-order valence-electron chi connectivity index (χ1n) is 9.70. The van der Waals surface area contributed by atoms with Crippen molar-refractivity contribution in [1.82, 2.24) is 14.9 Å². The van der Waals surface area contributed by atoms with E-state index in [0.29, 0.717) is 29.3 Å². The number of hydrogen-bond acceptors (Lipinski definition) is 6. The van der Waals surface area contributed by atoms with Gasteiger partial charge in [-0.1, -0.05) is 12.1 Å². The molecule has 0 fully saturated rings. The fourth-order valence-electron chi connectivity index (χ4n) is 3.13. The predicted octanol–water partition coefficient (Wildman–Crippen LogP) is 3.02. The zero-order chi connectivity index (χ0) is 20.8. The van der Waals surface area contributed by atoms with Crippen LogP contribution in [0.4, 0.5) is 5.95 Å². The Morgan fingerprint density at radius 3 is 2.59 bits per heavy atom.